The molecular weight excluding hydrogens is 304 g/mol. The molecule has 0 saturated carbocycles. The van der Waals surface area contributed by atoms with Gasteiger partial charge in [-0.3, -0.25) is 4.79 Å². The molecule has 19 heavy (non-hydrogen) atoms. The van der Waals surface area contributed by atoms with Crippen molar-refractivity contribution in [3.05, 3.63) is 58.1 Å². The fourth-order valence-corrected chi connectivity index (χ4v) is 2.25. The Labute approximate surface area is 121 Å². The first-order valence-corrected chi connectivity index (χ1v) is 6.92. The Balaban J connectivity index is 2.39. The van der Waals surface area contributed by atoms with Crippen LogP contribution in [0.15, 0.2) is 46.9 Å². The molecule has 2 aromatic rings. The van der Waals surface area contributed by atoms with Gasteiger partial charge in [0.25, 0.3) is 0 Å². The number of hydrogen-bond donors (Lipinski definition) is 0. The number of halogens is 1. The highest BCUT2D eigenvalue weighted by Crippen LogP contribution is 2.32. The molecule has 0 saturated heterocycles. The summed E-state index contributed by atoms with van der Waals surface area (Å²) in [6.07, 6.45) is 0.804. The molecule has 2 rings (SSSR count). The molecule has 0 aliphatic rings. The van der Waals surface area contributed by atoms with Crippen molar-refractivity contribution in [2.75, 3.05) is 0 Å². The van der Waals surface area contributed by atoms with Gasteiger partial charge < -0.3 is 4.74 Å². The van der Waals surface area contributed by atoms with E-state index in [1.807, 2.05) is 30.3 Å². The standard InChI is InChI=1S/C16H15BrO2/c1-11(2)14-5-3-4-6-16(14)19-15-8-7-13(17)9-12(15)10-18/h3-11H,1-2H3. The normalized spacial score (nSPS) is 10.5. The molecule has 98 valence electrons. The van der Waals surface area contributed by atoms with Crippen molar-refractivity contribution in [3.8, 4) is 11.5 Å². The van der Waals surface area contributed by atoms with Gasteiger partial charge in [-0.2, -0.15) is 0 Å². The Hall–Kier alpha value is -1.61. The third-order valence-corrected chi connectivity index (χ3v) is 3.35. The lowest BCUT2D eigenvalue weighted by Gasteiger charge is -2.14. The zero-order valence-electron chi connectivity index (χ0n) is 10.9. The first-order valence-electron chi connectivity index (χ1n) is 6.13. The predicted molar refractivity (Wildman–Crippen MR) is 80.1 cm³/mol. The highest BCUT2D eigenvalue weighted by Gasteiger charge is 2.10. The van der Waals surface area contributed by atoms with E-state index in [0.29, 0.717) is 17.2 Å². The van der Waals surface area contributed by atoms with Crippen LogP contribution in [0, 0.1) is 0 Å². The quantitative estimate of drug-likeness (QED) is 0.726. The molecule has 0 fully saturated rings. The van der Waals surface area contributed by atoms with Crippen LogP contribution in [0.5, 0.6) is 11.5 Å². The van der Waals surface area contributed by atoms with Crippen LogP contribution in [0.2, 0.25) is 0 Å². The number of carbonyl (C=O) groups excluding carboxylic acids is 1. The van der Waals surface area contributed by atoms with Gasteiger partial charge in [0.1, 0.15) is 11.5 Å². The molecule has 0 atom stereocenters. The van der Waals surface area contributed by atoms with Crippen molar-refractivity contribution < 1.29 is 9.53 Å². The molecule has 0 aliphatic heterocycles. The van der Waals surface area contributed by atoms with Crippen LogP contribution in [0.1, 0.15) is 35.7 Å². The fraction of sp³-hybridized carbons (Fsp3) is 0.188. The van der Waals surface area contributed by atoms with Crippen molar-refractivity contribution in [3.63, 3.8) is 0 Å². The van der Waals surface area contributed by atoms with Gasteiger partial charge in [0, 0.05) is 4.47 Å². The summed E-state index contributed by atoms with van der Waals surface area (Å²) in [5, 5.41) is 0. The van der Waals surface area contributed by atoms with Crippen molar-refractivity contribution in [2.24, 2.45) is 0 Å². The van der Waals surface area contributed by atoms with E-state index in [4.69, 9.17) is 4.74 Å². The Morgan fingerprint density at radius 2 is 1.84 bits per heavy atom. The molecule has 0 amide bonds. The third-order valence-electron chi connectivity index (χ3n) is 2.86. The average molecular weight is 319 g/mol. The number of ether oxygens (including phenoxy) is 1. The maximum Gasteiger partial charge on any atom is 0.153 e. The third kappa shape index (κ3) is 3.24. The average Bonchev–Trinajstić information content (AvgIpc) is 2.41. The lowest BCUT2D eigenvalue weighted by Crippen LogP contribution is -1.96. The predicted octanol–water partition coefficient (Wildman–Crippen LogP) is 5.18. The zero-order chi connectivity index (χ0) is 13.8. The molecular formula is C16H15BrO2. The molecule has 0 bridgehead atoms. The van der Waals surface area contributed by atoms with E-state index in [-0.39, 0.29) is 0 Å². The van der Waals surface area contributed by atoms with E-state index in [9.17, 15) is 4.79 Å². The van der Waals surface area contributed by atoms with E-state index < -0.39 is 0 Å². The Kier molecular flexibility index (Phi) is 4.38. The molecule has 0 N–H and O–H groups in total. The Morgan fingerprint density at radius 3 is 2.53 bits per heavy atom. The highest BCUT2D eigenvalue weighted by molar-refractivity contribution is 9.10. The topological polar surface area (TPSA) is 26.3 Å². The monoisotopic (exact) mass is 318 g/mol. The number of carbonyl (C=O) groups is 1. The second-order valence-electron chi connectivity index (χ2n) is 4.59. The lowest BCUT2D eigenvalue weighted by atomic mass is 10.0. The molecule has 3 heteroatoms. The van der Waals surface area contributed by atoms with Crippen LogP contribution in [-0.2, 0) is 0 Å². The summed E-state index contributed by atoms with van der Waals surface area (Å²) >= 11 is 3.35. The van der Waals surface area contributed by atoms with Crippen molar-refractivity contribution >= 4 is 22.2 Å². The maximum absolute atomic E-state index is 11.1. The van der Waals surface area contributed by atoms with Gasteiger partial charge in [0.05, 0.1) is 5.56 Å². The summed E-state index contributed by atoms with van der Waals surface area (Å²) in [5.41, 5.74) is 1.66. The number of para-hydroxylation sites is 1. The van der Waals surface area contributed by atoms with E-state index in [1.165, 1.54) is 0 Å². The minimum atomic E-state index is 0.367. The minimum absolute atomic E-state index is 0.367. The van der Waals surface area contributed by atoms with Gasteiger partial charge in [-0.15, -0.1) is 0 Å². The van der Waals surface area contributed by atoms with Gasteiger partial charge in [0.2, 0.25) is 0 Å². The summed E-state index contributed by atoms with van der Waals surface area (Å²) in [6, 6.07) is 13.3. The molecule has 2 nitrogen and oxygen atoms in total. The first kappa shape index (κ1) is 13.8. The van der Waals surface area contributed by atoms with E-state index in [2.05, 4.69) is 29.8 Å². The van der Waals surface area contributed by atoms with E-state index in [1.54, 1.807) is 12.1 Å². The summed E-state index contributed by atoms with van der Waals surface area (Å²) in [4.78, 5) is 11.1. The van der Waals surface area contributed by atoms with Crippen LogP contribution in [0.25, 0.3) is 0 Å². The van der Waals surface area contributed by atoms with Crippen molar-refractivity contribution in [1.29, 1.82) is 0 Å². The minimum Gasteiger partial charge on any atom is -0.456 e. The first-order chi connectivity index (χ1) is 9.11. The summed E-state index contributed by atoms with van der Waals surface area (Å²) in [7, 11) is 0. The van der Waals surface area contributed by atoms with Gasteiger partial charge in [-0.25, -0.2) is 0 Å². The van der Waals surface area contributed by atoms with Crippen LogP contribution in [0.3, 0.4) is 0 Å². The van der Waals surface area contributed by atoms with Crippen LogP contribution in [0.4, 0.5) is 0 Å². The highest BCUT2D eigenvalue weighted by atomic mass is 79.9. The molecule has 0 radical (unpaired) electrons. The largest absolute Gasteiger partial charge is 0.456 e. The number of hydrogen-bond acceptors (Lipinski definition) is 2. The number of aldehydes is 1. The second kappa shape index (κ2) is 6.02. The number of rotatable bonds is 4. The summed E-state index contributed by atoms with van der Waals surface area (Å²) < 4.78 is 6.76. The van der Waals surface area contributed by atoms with E-state index in [0.717, 1.165) is 22.1 Å². The summed E-state index contributed by atoms with van der Waals surface area (Å²) in [5.74, 6) is 1.74. The molecule has 0 aliphatic carbocycles. The zero-order valence-corrected chi connectivity index (χ0v) is 12.5. The van der Waals surface area contributed by atoms with Crippen LogP contribution >= 0.6 is 15.9 Å². The lowest BCUT2D eigenvalue weighted by molar-refractivity contribution is 0.112. The molecule has 0 heterocycles. The SMILES string of the molecule is CC(C)c1ccccc1Oc1ccc(Br)cc1C=O. The van der Waals surface area contributed by atoms with Gasteiger partial charge in [0.15, 0.2) is 6.29 Å². The van der Waals surface area contributed by atoms with Gasteiger partial charge >= 0.3 is 0 Å². The molecule has 0 spiro atoms. The fourth-order valence-electron chi connectivity index (χ4n) is 1.87. The smallest absolute Gasteiger partial charge is 0.153 e. The molecule has 2 aromatic carbocycles. The Bertz CT molecular complexity index is 591. The van der Waals surface area contributed by atoms with Crippen molar-refractivity contribution in [2.45, 2.75) is 19.8 Å². The van der Waals surface area contributed by atoms with Crippen molar-refractivity contribution in [1.82, 2.24) is 0 Å². The van der Waals surface area contributed by atoms with Crippen LogP contribution < -0.4 is 4.74 Å². The Morgan fingerprint density at radius 1 is 1.11 bits per heavy atom. The van der Waals surface area contributed by atoms with Gasteiger partial charge in [-0.1, -0.05) is 48.0 Å². The van der Waals surface area contributed by atoms with E-state index >= 15 is 0 Å². The maximum atomic E-state index is 11.1. The van der Waals surface area contributed by atoms with Crippen LogP contribution in [-0.4, -0.2) is 6.29 Å². The summed E-state index contributed by atoms with van der Waals surface area (Å²) in [6.45, 7) is 4.23. The van der Waals surface area contributed by atoms with Gasteiger partial charge in [-0.05, 0) is 35.7 Å². The second-order valence-corrected chi connectivity index (χ2v) is 5.51. The molecule has 0 unspecified atom stereocenters. The number of benzene rings is 2. The molecule has 0 aromatic heterocycles.